The minimum Gasteiger partial charge on any atom is -0.490 e. The molecule has 4 aromatic rings. The molecule has 1 atom stereocenters. The number of anilines is 1. The maximum absolute atomic E-state index is 12.7. The molecule has 0 unspecified atom stereocenters. The SMILES string of the molecule is C=CCOc1ccc([C@H]2CC(=O)Nc3c2cnn3-c2ccc3nnc(C)n3n2)cc1OCC. The number of nitrogens with one attached hydrogen (secondary N) is 1. The fraction of sp³-hybridized carbons (Fsp3) is 0.261. The van der Waals surface area contributed by atoms with Crippen LogP contribution in [0.4, 0.5) is 5.82 Å². The van der Waals surface area contributed by atoms with Crippen LogP contribution >= 0.6 is 0 Å². The van der Waals surface area contributed by atoms with Gasteiger partial charge in [0.25, 0.3) is 0 Å². The van der Waals surface area contributed by atoms with Gasteiger partial charge in [-0.1, -0.05) is 18.7 Å². The lowest BCUT2D eigenvalue weighted by atomic mass is 9.87. The molecule has 1 N–H and O–H groups in total. The van der Waals surface area contributed by atoms with Crippen molar-refractivity contribution in [3.8, 4) is 17.3 Å². The van der Waals surface area contributed by atoms with E-state index in [0.717, 1.165) is 11.1 Å². The Hall–Kier alpha value is -4.21. The van der Waals surface area contributed by atoms with Crippen molar-refractivity contribution in [1.82, 2.24) is 29.6 Å². The zero-order valence-corrected chi connectivity index (χ0v) is 18.4. The molecule has 0 bridgehead atoms. The predicted octanol–water partition coefficient (Wildman–Crippen LogP) is 3.06. The first-order valence-corrected chi connectivity index (χ1v) is 10.7. The summed E-state index contributed by atoms with van der Waals surface area (Å²) in [6, 6.07) is 9.36. The number of hydrogen-bond donors (Lipinski definition) is 1. The molecule has 168 valence electrons. The standard InChI is InChI=1S/C23H23N7O3/c1-4-10-33-18-7-6-15(11-19(18)32-5-2)16-12-22(31)25-23-17(16)13-24-30(23)21-9-8-20-27-26-14(3)29(20)28-21/h4,6-9,11,13,16H,1,5,10,12H2,2-3H3,(H,25,31)/t16-/m1/s1. The molecule has 0 saturated heterocycles. The zero-order chi connectivity index (χ0) is 22.9. The van der Waals surface area contributed by atoms with Crippen LogP contribution in [0, 0.1) is 6.92 Å². The first-order chi connectivity index (χ1) is 16.1. The third kappa shape index (κ3) is 3.69. The van der Waals surface area contributed by atoms with Gasteiger partial charge in [0.15, 0.2) is 28.8 Å². The molecule has 1 amide bonds. The highest BCUT2D eigenvalue weighted by Crippen LogP contribution is 2.40. The van der Waals surface area contributed by atoms with Crippen LogP contribution in [-0.2, 0) is 4.79 Å². The minimum absolute atomic E-state index is 0.0965. The van der Waals surface area contributed by atoms with E-state index >= 15 is 0 Å². The average Bonchev–Trinajstić information content (AvgIpc) is 3.41. The predicted molar refractivity (Wildman–Crippen MR) is 121 cm³/mol. The molecule has 33 heavy (non-hydrogen) atoms. The van der Waals surface area contributed by atoms with Gasteiger partial charge in [-0.15, -0.1) is 15.3 Å². The van der Waals surface area contributed by atoms with E-state index in [4.69, 9.17) is 9.47 Å². The summed E-state index contributed by atoms with van der Waals surface area (Å²) in [7, 11) is 0. The van der Waals surface area contributed by atoms with Crippen LogP contribution in [0.25, 0.3) is 11.5 Å². The van der Waals surface area contributed by atoms with Crippen molar-refractivity contribution in [2.75, 3.05) is 18.5 Å². The number of benzene rings is 1. The molecular formula is C23H23N7O3. The van der Waals surface area contributed by atoms with Gasteiger partial charge in [-0.05, 0) is 43.7 Å². The lowest BCUT2D eigenvalue weighted by molar-refractivity contribution is -0.116. The van der Waals surface area contributed by atoms with Gasteiger partial charge >= 0.3 is 0 Å². The highest BCUT2D eigenvalue weighted by molar-refractivity contribution is 5.94. The Kier molecular flexibility index (Phi) is 5.25. The van der Waals surface area contributed by atoms with Crippen LogP contribution in [0.3, 0.4) is 0 Å². The molecule has 3 aromatic heterocycles. The van der Waals surface area contributed by atoms with Crippen molar-refractivity contribution in [1.29, 1.82) is 0 Å². The van der Waals surface area contributed by atoms with Gasteiger partial charge in [0.1, 0.15) is 12.4 Å². The van der Waals surface area contributed by atoms with Crippen LogP contribution in [-0.4, -0.2) is 48.7 Å². The van der Waals surface area contributed by atoms with E-state index in [1.165, 1.54) is 0 Å². The topological polar surface area (TPSA) is 108 Å². The summed E-state index contributed by atoms with van der Waals surface area (Å²) in [5.41, 5.74) is 2.48. The van der Waals surface area contributed by atoms with Gasteiger partial charge in [-0.25, -0.2) is 0 Å². The molecule has 0 saturated carbocycles. The maximum Gasteiger partial charge on any atom is 0.226 e. The van der Waals surface area contributed by atoms with Crippen LogP contribution in [0.2, 0.25) is 0 Å². The average molecular weight is 445 g/mol. The second-order valence-corrected chi connectivity index (χ2v) is 7.61. The third-order valence-corrected chi connectivity index (χ3v) is 5.47. The second-order valence-electron chi connectivity index (χ2n) is 7.61. The molecule has 10 nitrogen and oxygen atoms in total. The molecule has 1 aliphatic heterocycles. The Labute approximate surface area is 189 Å². The van der Waals surface area contributed by atoms with Gasteiger partial charge in [-0.3, -0.25) is 4.79 Å². The summed E-state index contributed by atoms with van der Waals surface area (Å²) in [5.74, 6) is 2.80. The first-order valence-electron chi connectivity index (χ1n) is 10.7. The van der Waals surface area contributed by atoms with E-state index in [2.05, 4.69) is 32.3 Å². The first kappa shape index (κ1) is 20.7. The second kappa shape index (κ2) is 8.38. The summed E-state index contributed by atoms with van der Waals surface area (Å²) >= 11 is 0. The van der Waals surface area contributed by atoms with E-state index in [-0.39, 0.29) is 11.8 Å². The highest BCUT2D eigenvalue weighted by atomic mass is 16.5. The number of aryl methyl sites for hydroxylation is 1. The third-order valence-electron chi connectivity index (χ3n) is 5.47. The quantitative estimate of drug-likeness (QED) is 0.436. The van der Waals surface area contributed by atoms with Gasteiger partial charge in [0.2, 0.25) is 5.91 Å². The van der Waals surface area contributed by atoms with E-state index in [9.17, 15) is 4.79 Å². The number of aromatic nitrogens is 6. The Morgan fingerprint density at radius 1 is 1.21 bits per heavy atom. The Morgan fingerprint density at radius 3 is 2.91 bits per heavy atom. The monoisotopic (exact) mass is 445 g/mol. The molecular weight excluding hydrogens is 422 g/mol. The van der Waals surface area contributed by atoms with Crippen LogP contribution in [0.1, 0.15) is 36.2 Å². The van der Waals surface area contributed by atoms with Gasteiger partial charge in [0, 0.05) is 17.9 Å². The molecule has 0 aliphatic carbocycles. The van der Waals surface area contributed by atoms with E-state index in [1.54, 1.807) is 27.5 Å². The number of ether oxygens (including phenoxy) is 2. The summed E-state index contributed by atoms with van der Waals surface area (Å²) in [6.45, 7) is 8.31. The van der Waals surface area contributed by atoms with Crippen molar-refractivity contribution < 1.29 is 14.3 Å². The number of carbonyl (C=O) groups excluding carboxylic acids is 1. The fourth-order valence-corrected chi connectivity index (χ4v) is 3.97. The largest absolute Gasteiger partial charge is 0.490 e. The molecule has 5 rings (SSSR count). The van der Waals surface area contributed by atoms with Gasteiger partial charge < -0.3 is 14.8 Å². The molecule has 0 radical (unpaired) electrons. The molecule has 4 heterocycles. The number of amides is 1. The Morgan fingerprint density at radius 2 is 2.09 bits per heavy atom. The van der Waals surface area contributed by atoms with E-state index in [1.807, 2.05) is 38.1 Å². The van der Waals surface area contributed by atoms with Crippen LogP contribution < -0.4 is 14.8 Å². The Bertz CT molecular complexity index is 1360. The van der Waals surface area contributed by atoms with Crippen LogP contribution in [0.5, 0.6) is 11.5 Å². The van der Waals surface area contributed by atoms with E-state index < -0.39 is 0 Å². The fourth-order valence-electron chi connectivity index (χ4n) is 3.97. The minimum atomic E-state index is -0.185. The smallest absolute Gasteiger partial charge is 0.226 e. The molecule has 0 fully saturated rings. The highest BCUT2D eigenvalue weighted by Gasteiger charge is 2.31. The lowest BCUT2D eigenvalue weighted by Gasteiger charge is -2.24. The Balaban J connectivity index is 1.55. The summed E-state index contributed by atoms with van der Waals surface area (Å²) in [6.07, 6.45) is 3.75. The molecule has 1 aromatic carbocycles. The van der Waals surface area contributed by atoms with Crippen molar-refractivity contribution in [3.63, 3.8) is 0 Å². The molecule has 10 heteroatoms. The lowest BCUT2D eigenvalue weighted by Crippen LogP contribution is -2.25. The number of nitrogens with zero attached hydrogens (tertiary/aromatic N) is 6. The number of fused-ring (bicyclic) bond motifs is 2. The van der Waals surface area contributed by atoms with Crippen molar-refractivity contribution in [3.05, 3.63) is 66.1 Å². The summed E-state index contributed by atoms with van der Waals surface area (Å²) in [5, 5.41) is 20.2. The van der Waals surface area contributed by atoms with Crippen molar-refractivity contribution in [2.24, 2.45) is 0 Å². The van der Waals surface area contributed by atoms with Crippen LogP contribution in [0.15, 0.2) is 49.2 Å². The van der Waals surface area contributed by atoms with Gasteiger partial charge in [-0.2, -0.15) is 14.3 Å². The number of rotatable bonds is 7. The zero-order valence-electron chi connectivity index (χ0n) is 18.4. The number of carbonyl (C=O) groups is 1. The van der Waals surface area contributed by atoms with Gasteiger partial charge in [0.05, 0.1) is 12.8 Å². The maximum atomic E-state index is 12.7. The summed E-state index contributed by atoms with van der Waals surface area (Å²) < 4.78 is 14.8. The molecule has 1 aliphatic rings. The normalized spacial score (nSPS) is 15.2. The van der Waals surface area contributed by atoms with E-state index in [0.29, 0.717) is 54.2 Å². The van der Waals surface area contributed by atoms with Crippen molar-refractivity contribution in [2.45, 2.75) is 26.2 Å². The molecule has 0 spiro atoms. The number of hydrogen-bond acceptors (Lipinski definition) is 7. The summed E-state index contributed by atoms with van der Waals surface area (Å²) in [4.78, 5) is 12.7. The van der Waals surface area contributed by atoms with Crippen molar-refractivity contribution >= 4 is 17.4 Å².